The number of anilines is 3. The molecule has 3 heterocycles. The van der Waals surface area contributed by atoms with Crippen LogP contribution in [0.2, 0.25) is 0 Å². The number of carbonyl (C=O) groups is 2. The zero-order valence-electron chi connectivity index (χ0n) is 18.1. The standard InChI is InChI=1S/C23H25FN6O2.H2/c1-3-26-11-18-20(29-8-6-16(31)7-9-29)5-4-17(21(18)25)23(32)28-15-10-19(24)22-27-14(2)12-30(22)13-15;/h4-5,10-13H,3,6-9,25H2,1-2H3,(H,28,32);1H. The van der Waals surface area contributed by atoms with Gasteiger partial charge < -0.3 is 20.4 Å². The highest BCUT2D eigenvalue weighted by Gasteiger charge is 2.22. The second-order valence-electron chi connectivity index (χ2n) is 7.76. The lowest BCUT2D eigenvalue weighted by Crippen LogP contribution is -2.34. The Labute approximate surface area is 186 Å². The summed E-state index contributed by atoms with van der Waals surface area (Å²) in [6, 6.07) is 4.70. The number of aromatic nitrogens is 2. The van der Waals surface area contributed by atoms with E-state index in [0.29, 0.717) is 49.4 Å². The van der Waals surface area contributed by atoms with E-state index < -0.39 is 11.7 Å². The van der Waals surface area contributed by atoms with E-state index in [2.05, 4.69) is 20.2 Å². The Balaban J connectivity index is 0.00000306. The van der Waals surface area contributed by atoms with E-state index in [1.807, 2.05) is 13.0 Å². The number of nitrogens with two attached hydrogens (primary N) is 1. The number of aryl methyl sites for hydroxylation is 1. The largest absolute Gasteiger partial charge is 0.397 e. The van der Waals surface area contributed by atoms with Crippen LogP contribution >= 0.6 is 0 Å². The van der Waals surface area contributed by atoms with Gasteiger partial charge in [0.1, 0.15) is 5.78 Å². The maximum atomic E-state index is 14.4. The molecule has 0 atom stereocenters. The molecule has 2 aromatic heterocycles. The molecule has 9 heteroatoms. The minimum absolute atomic E-state index is 0. The Morgan fingerprint density at radius 2 is 2.09 bits per heavy atom. The maximum Gasteiger partial charge on any atom is 0.257 e. The van der Waals surface area contributed by atoms with Gasteiger partial charge in [0.2, 0.25) is 0 Å². The Bertz CT molecular complexity index is 1230. The van der Waals surface area contributed by atoms with Crippen LogP contribution in [-0.4, -0.2) is 46.9 Å². The lowest BCUT2D eigenvalue weighted by Gasteiger charge is -2.30. The summed E-state index contributed by atoms with van der Waals surface area (Å²) < 4.78 is 15.9. The minimum Gasteiger partial charge on any atom is -0.397 e. The van der Waals surface area contributed by atoms with E-state index in [9.17, 15) is 14.0 Å². The number of nitrogen functional groups attached to an aromatic ring is 1. The van der Waals surface area contributed by atoms with Gasteiger partial charge in [-0.2, -0.15) is 0 Å². The lowest BCUT2D eigenvalue weighted by atomic mass is 10.0. The Kier molecular flexibility index (Phi) is 5.89. The van der Waals surface area contributed by atoms with Gasteiger partial charge in [-0.3, -0.25) is 14.6 Å². The molecule has 168 valence electrons. The molecule has 3 aromatic rings. The number of ketones is 1. The van der Waals surface area contributed by atoms with Crippen molar-refractivity contribution in [2.45, 2.75) is 26.7 Å². The third kappa shape index (κ3) is 4.18. The van der Waals surface area contributed by atoms with Crippen molar-refractivity contribution in [3.8, 4) is 0 Å². The Morgan fingerprint density at radius 1 is 1.34 bits per heavy atom. The van der Waals surface area contributed by atoms with Crippen molar-refractivity contribution in [3.05, 3.63) is 53.2 Å². The van der Waals surface area contributed by atoms with Crippen molar-refractivity contribution in [3.63, 3.8) is 0 Å². The summed E-state index contributed by atoms with van der Waals surface area (Å²) in [6.45, 7) is 5.44. The summed E-state index contributed by atoms with van der Waals surface area (Å²) in [7, 11) is 0. The van der Waals surface area contributed by atoms with E-state index in [0.717, 1.165) is 5.69 Å². The highest BCUT2D eigenvalue weighted by Crippen LogP contribution is 2.30. The molecule has 1 aliphatic heterocycles. The number of halogens is 1. The molecule has 32 heavy (non-hydrogen) atoms. The van der Waals surface area contributed by atoms with E-state index in [4.69, 9.17) is 5.73 Å². The molecular formula is C23H27FN6O2. The number of nitrogens with zero attached hydrogens (tertiary/aromatic N) is 4. The van der Waals surface area contributed by atoms with Crippen LogP contribution in [0.3, 0.4) is 0 Å². The van der Waals surface area contributed by atoms with Crippen LogP contribution in [0, 0.1) is 12.7 Å². The summed E-state index contributed by atoms with van der Waals surface area (Å²) >= 11 is 0. The fraction of sp³-hybridized carbons (Fsp3) is 0.304. The molecule has 4 rings (SSSR count). The second-order valence-corrected chi connectivity index (χ2v) is 7.76. The number of nitrogens with one attached hydrogen (secondary N) is 1. The van der Waals surface area contributed by atoms with Crippen molar-refractivity contribution in [1.82, 2.24) is 9.38 Å². The normalized spacial score (nSPS) is 14.5. The average Bonchev–Trinajstić information content (AvgIpc) is 3.14. The van der Waals surface area contributed by atoms with Gasteiger partial charge in [0.25, 0.3) is 5.91 Å². The number of imidazole rings is 1. The first kappa shape index (κ1) is 21.5. The smallest absolute Gasteiger partial charge is 0.257 e. The van der Waals surface area contributed by atoms with E-state index in [1.54, 1.807) is 31.6 Å². The predicted octanol–water partition coefficient (Wildman–Crippen LogP) is 3.47. The van der Waals surface area contributed by atoms with Gasteiger partial charge >= 0.3 is 0 Å². The number of aliphatic imine (C=N–C) groups is 1. The molecule has 0 bridgehead atoms. The molecule has 1 aromatic carbocycles. The first-order valence-corrected chi connectivity index (χ1v) is 10.5. The Morgan fingerprint density at radius 3 is 2.81 bits per heavy atom. The lowest BCUT2D eigenvalue weighted by molar-refractivity contribution is -0.119. The number of amides is 1. The Hall–Kier alpha value is -3.75. The number of benzene rings is 1. The van der Waals surface area contributed by atoms with Crippen LogP contribution in [0.5, 0.6) is 0 Å². The minimum atomic E-state index is -0.533. The van der Waals surface area contributed by atoms with Crippen molar-refractivity contribution in [2.24, 2.45) is 4.99 Å². The van der Waals surface area contributed by atoms with Crippen LogP contribution in [0.4, 0.5) is 21.5 Å². The zero-order valence-corrected chi connectivity index (χ0v) is 18.1. The first-order chi connectivity index (χ1) is 15.4. The average molecular weight is 439 g/mol. The van der Waals surface area contributed by atoms with Gasteiger partial charge in [-0.05, 0) is 26.0 Å². The van der Waals surface area contributed by atoms with Crippen molar-refractivity contribution in [1.29, 1.82) is 0 Å². The quantitative estimate of drug-likeness (QED) is 0.469. The molecule has 1 saturated heterocycles. The summed E-state index contributed by atoms with van der Waals surface area (Å²) in [5.41, 5.74) is 9.59. The number of hydrogen-bond donors (Lipinski definition) is 2. The molecule has 0 radical (unpaired) electrons. The van der Waals surface area contributed by atoms with Crippen LogP contribution in [-0.2, 0) is 4.79 Å². The SMILES string of the molecule is CCN=Cc1c(N2CCC(=O)CC2)ccc(C(=O)Nc2cc(F)c3nc(C)cn3c2)c1N.[HH]. The van der Waals surface area contributed by atoms with Gasteiger partial charge in [-0.15, -0.1) is 0 Å². The summed E-state index contributed by atoms with van der Waals surface area (Å²) in [5, 5.41) is 2.72. The molecule has 0 unspecified atom stereocenters. The van der Waals surface area contributed by atoms with Crippen LogP contribution in [0.25, 0.3) is 5.65 Å². The number of rotatable bonds is 5. The number of piperidine rings is 1. The number of Topliss-reactive ketones (excluding diaryl/α,β-unsaturated/α-hetero) is 1. The third-order valence-corrected chi connectivity index (χ3v) is 5.46. The van der Waals surface area contributed by atoms with E-state index in [1.165, 1.54) is 10.5 Å². The van der Waals surface area contributed by atoms with Crippen LogP contribution in [0.1, 0.15) is 42.8 Å². The van der Waals surface area contributed by atoms with Crippen LogP contribution < -0.4 is 16.0 Å². The molecule has 3 N–H and O–H groups in total. The summed E-state index contributed by atoms with van der Waals surface area (Å²) in [6.07, 6.45) is 5.91. The van der Waals surface area contributed by atoms with Crippen LogP contribution in [0.15, 0.2) is 35.6 Å². The molecule has 0 saturated carbocycles. The summed E-state index contributed by atoms with van der Waals surface area (Å²) in [4.78, 5) is 35.1. The van der Waals surface area contributed by atoms with Gasteiger partial charge in [0, 0.05) is 69.8 Å². The topological polar surface area (TPSA) is 105 Å². The molecule has 1 fully saturated rings. The molecular weight excluding hydrogens is 411 g/mol. The van der Waals surface area contributed by atoms with E-state index in [-0.39, 0.29) is 24.1 Å². The van der Waals surface area contributed by atoms with Gasteiger partial charge in [-0.1, -0.05) is 0 Å². The zero-order chi connectivity index (χ0) is 22.8. The fourth-order valence-corrected chi connectivity index (χ4v) is 3.86. The molecule has 8 nitrogen and oxygen atoms in total. The number of carbonyl (C=O) groups excluding carboxylic acids is 2. The monoisotopic (exact) mass is 438 g/mol. The highest BCUT2D eigenvalue weighted by molar-refractivity contribution is 6.11. The van der Waals surface area contributed by atoms with Gasteiger partial charge in [0.05, 0.1) is 22.6 Å². The van der Waals surface area contributed by atoms with Crippen molar-refractivity contribution < 1.29 is 15.4 Å². The van der Waals surface area contributed by atoms with Gasteiger partial charge in [0.15, 0.2) is 11.5 Å². The second kappa shape index (κ2) is 8.78. The van der Waals surface area contributed by atoms with E-state index >= 15 is 0 Å². The molecule has 0 aliphatic carbocycles. The van der Waals surface area contributed by atoms with Gasteiger partial charge in [-0.25, -0.2) is 9.37 Å². The first-order valence-electron chi connectivity index (χ1n) is 10.5. The molecule has 0 spiro atoms. The fourth-order valence-electron chi connectivity index (χ4n) is 3.86. The van der Waals surface area contributed by atoms with Crippen molar-refractivity contribution in [2.75, 3.05) is 35.6 Å². The number of pyridine rings is 1. The predicted molar refractivity (Wildman–Crippen MR) is 125 cm³/mol. The third-order valence-electron chi connectivity index (χ3n) is 5.46. The summed E-state index contributed by atoms with van der Waals surface area (Å²) in [5.74, 6) is -0.745. The number of hydrogen-bond acceptors (Lipinski definition) is 6. The number of fused-ring (bicyclic) bond motifs is 1. The highest BCUT2D eigenvalue weighted by atomic mass is 19.1. The maximum absolute atomic E-state index is 14.4. The molecule has 1 aliphatic rings. The molecule has 1 amide bonds. The van der Waals surface area contributed by atoms with Crippen molar-refractivity contribution >= 4 is 40.6 Å².